The Balaban J connectivity index is 1.78. The van der Waals surface area contributed by atoms with E-state index in [4.69, 9.17) is 0 Å². The molecule has 2 aromatic rings. The topological polar surface area (TPSA) is 42.7 Å². The van der Waals surface area contributed by atoms with Gasteiger partial charge in [-0.1, -0.05) is 6.07 Å². The van der Waals surface area contributed by atoms with Crippen molar-refractivity contribution in [1.29, 1.82) is 0 Å². The van der Waals surface area contributed by atoms with Crippen LogP contribution < -0.4 is 5.32 Å². The first kappa shape index (κ1) is 12.5. The molecule has 0 bridgehead atoms. The van der Waals surface area contributed by atoms with Gasteiger partial charge in [0.1, 0.15) is 5.82 Å². The highest BCUT2D eigenvalue weighted by atomic mass is 19.1. The van der Waals surface area contributed by atoms with E-state index >= 15 is 0 Å². The van der Waals surface area contributed by atoms with Gasteiger partial charge in [-0.3, -0.25) is 4.68 Å². The molecule has 96 valence electrons. The van der Waals surface area contributed by atoms with Crippen molar-refractivity contribution in [2.75, 3.05) is 11.9 Å². The number of aromatic nitrogens is 3. The number of rotatable bonds is 5. The molecule has 1 N–H and O–H groups in total. The second-order valence-electron chi connectivity index (χ2n) is 4.28. The molecule has 0 amide bonds. The van der Waals surface area contributed by atoms with Crippen LogP contribution in [0.3, 0.4) is 0 Å². The first-order chi connectivity index (χ1) is 8.65. The average Bonchev–Trinajstić information content (AvgIpc) is 2.64. The van der Waals surface area contributed by atoms with E-state index < -0.39 is 5.95 Å². The molecule has 0 aromatic carbocycles. The molecule has 0 atom stereocenters. The Morgan fingerprint density at radius 2 is 2.17 bits per heavy atom. The minimum atomic E-state index is -0.460. The molecule has 5 heteroatoms. The number of pyridine rings is 1. The maximum atomic E-state index is 12.8. The number of hydrogen-bond donors (Lipinski definition) is 1. The highest BCUT2D eigenvalue weighted by Gasteiger charge is 2.00. The Labute approximate surface area is 106 Å². The number of aryl methyl sites for hydroxylation is 3. The molecule has 18 heavy (non-hydrogen) atoms. The van der Waals surface area contributed by atoms with E-state index in [1.165, 1.54) is 6.07 Å². The predicted molar refractivity (Wildman–Crippen MR) is 69.0 cm³/mol. The van der Waals surface area contributed by atoms with E-state index in [9.17, 15) is 4.39 Å². The Bertz CT molecular complexity index is 521. The summed E-state index contributed by atoms with van der Waals surface area (Å²) in [5.74, 6) is 0.113. The molecule has 0 aliphatic rings. The SMILES string of the molecule is Cc1cc(C)n(CCCNc2cccc(F)n2)n1. The van der Waals surface area contributed by atoms with Crippen molar-refractivity contribution < 1.29 is 4.39 Å². The zero-order valence-corrected chi connectivity index (χ0v) is 10.7. The third-order valence-electron chi connectivity index (χ3n) is 2.67. The Morgan fingerprint density at radius 3 is 2.83 bits per heavy atom. The Kier molecular flexibility index (Phi) is 3.92. The van der Waals surface area contributed by atoms with Crippen LogP contribution in [-0.4, -0.2) is 21.3 Å². The van der Waals surface area contributed by atoms with Gasteiger partial charge in [-0.2, -0.15) is 9.49 Å². The molecule has 0 saturated carbocycles. The lowest BCUT2D eigenvalue weighted by Gasteiger charge is -2.06. The van der Waals surface area contributed by atoms with Gasteiger partial charge in [-0.25, -0.2) is 4.98 Å². The number of hydrogen-bond acceptors (Lipinski definition) is 3. The quantitative estimate of drug-likeness (QED) is 0.653. The highest BCUT2D eigenvalue weighted by Crippen LogP contribution is 2.05. The van der Waals surface area contributed by atoms with Gasteiger partial charge < -0.3 is 5.32 Å². The summed E-state index contributed by atoms with van der Waals surface area (Å²) in [6.07, 6.45) is 0.917. The van der Waals surface area contributed by atoms with Gasteiger partial charge in [-0.05, 0) is 38.5 Å². The molecule has 0 fully saturated rings. The monoisotopic (exact) mass is 248 g/mol. The maximum absolute atomic E-state index is 12.8. The second kappa shape index (κ2) is 5.62. The van der Waals surface area contributed by atoms with Crippen molar-refractivity contribution in [2.24, 2.45) is 0 Å². The summed E-state index contributed by atoms with van der Waals surface area (Å²) in [6.45, 7) is 5.62. The summed E-state index contributed by atoms with van der Waals surface area (Å²) in [4.78, 5) is 3.74. The van der Waals surface area contributed by atoms with Crippen LogP contribution in [0.25, 0.3) is 0 Å². The molecular formula is C13H17FN4. The summed E-state index contributed by atoms with van der Waals surface area (Å²) >= 11 is 0. The number of halogens is 1. The van der Waals surface area contributed by atoms with Gasteiger partial charge in [-0.15, -0.1) is 0 Å². The zero-order chi connectivity index (χ0) is 13.0. The molecule has 0 aliphatic heterocycles. The van der Waals surface area contributed by atoms with Gasteiger partial charge in [0, 0.05) is 18.8 Å². The molecule has 2 aromatic heterocycles. The van der Waals surface area contributed by atoms with Crippen molar-refractivity contribution in [2.45, 2.75) is 26.8 Å². The molecule has 0 spiro atoms. The Morgan fingerprint density at radius 1 is 1.33 bits per heavy atom. The minimum absolute atomic E-state index is 0.460. The highest BCUT2D eigenvalue weighted by molar-refractivity contribution is 5.33. The van der Waals surface area contributed by atoms with Crippen LogP contribution in [0, 0.1) is 19.8 Å². The van der Waals surface area contributed by atoms with Gasteiger partial charge in [0.05, 0.1) is 5.69 Å². The van der Waals surface area contributed by atoms with Crippen molar-refractivity contribution in [3.63, 3.8) is 0 Å². The molecule has 2 heterocycles. The van der Waals surface area contributed by atoms with Crippen LogP contribution in [0.5, 0.6) is 0 Å². The summed E-state index contributed by atoms with van der Waals surface area (Å²) in [5.41, 5.74) is 2.20. The van der Waals surface area contributed by atoms with E-state index in [-0.39, 0.29) is 0 Å². The largest absolute Gasteiger partial charge is 0.370 e. The molecule has 0 aliphatic carbocycles. The van der Waals surface area contributed by atoms with Gasteiger partial charge in [0.15, 0.2) is 0 Å². The summed E-state index contributed by atoms with van der Waals surface area (Å²) in [5, 5.41) is 7.47. The second-order valence-corrected chi connectivity index (χ2v) is 4.28. The lowest BCUT2D eigenvalue weighted by atomic mass is 10.3. The lowest BCUT2D eigenvalue weighted by Crippen LogP contribution is -2.09. The summed E-state index contributed by atoms with van der Waals surface area (Å²) < 4.78 is 14.8. The fraction of sp³-hybridized carbons (Fsp3) is 0.385. The van der Waals surface area contributed by atoms with E-state index in [2.05, 4.69) is 21.5 Å². The fourth-order valence-electron chi connectivity index (χ4n) is 1.85. The van der Waals surface area contributed by atoms with Crippen LogP contribution in [0.1, 0.15) is 17.8 Å². The molecule has 0 unspecified atom stereocenters. The first-order valence-corrected chi connectivity index (χ1v) is 6.02. The average molecular weight is 248 g/mol. The van der Waals surface area contributed by atoms with E-state index in [0.29, 0.717) is 5.82 Å². The van der Waals surface area contributed by atoms with Crippen molar-refractivity contribution >= 4 is 5.82 Å². The van der Waals surface area contributed by atoms with E-state index in [1.807, 2.05) is 18.5 Å². The normalized spacial score (nSPS) is 10.6. The third-order valence-corrected chi connectivity index (χ3v) is 2.67. The predicted octanol–water partition coefficient (Wildman–Crippen LogP) is 2.54. The number of nitrogens with one attached hydrogen (secondary N) is 1. The van der Waals surface area contributed by atoms with Crippen LogP contribution >= 0.6 is 0 Å². The fourth-order valence-corrected chi connectivity index (χ4v) is 1.85. The number of nitrogens with zero attached hydrogens (tertiary/aromatic N) is 3. The van der Waals surface area contributed by atoms with Crippen molar-refractivity contribution in [3.05, 3.63) is 41.6 Å². The van der Waals surface area contributed by atoms with E-state index in [1.54, 1.807) is 12.1 Å². The van der Waals surface area contributed by atoms with Crippen molar-refractivity contribution in [1.82, 2.24) is 14.8 Å². The molecule has 0 radical (unpaired) electrons. The molecular weight excluding hydrogens is 231 g/mol. The molecule has 0 saturated heterocycles. The first-order valence-electron chi connectivity index (χ1n) is 6.02. The summed E-state index contributed by atoms with van der Waals surface area (Å²) in [7, 11) is 0. The van der Waals surface area contributed by atoms with Crippen LogP contribution in [0.4, 0.5) is 10.2 Å². The van der Waals surface area contributed by atoms with Crippen molar-refractivity contribution in [3.8, 4) is 0 Å². The maximum Gasteiger partial charge on any atom is 0.214 e. The molecule has 2 rings (SSSR count). The van der Waals surface area contributed by atoms with Crippen LogP contribution in [0.2, 0.25) is 0 Å². The zero-order valence-electron chi connectivity index (χ0n) is 10.7. The van der Waals surface area contributed by atoms with Gasteiger partial charge in [0.25, 0.3) is 0 Å². The van der Waals surface area contributed by atoms with Gasteiger partial charge >= 0.3 is 0 Å². The van der Waals surface area contributed by atoms with Crippen LogP contribution in [0.15, 0.2) is 24.3 Å². The Hall–Kier alpha value is -1.91. The lowest BCUT2D eigenvalue weighted by molar-refractivity contribution is 0.570. The number of anilines is 1. The third kappa shape index (κ3) is 3.29. The minimum Gasteiger partial charge on any atom is -0.370 e. The smallest absolute Gasteiger partial charge is 0.214 e. The molecule has 4 nitrogen and oxygen atoms in total. The van der Waals surface area contributed by atoms with Crippen LogP contribution in [-0.2, 0) is 6.54 Å². The summed E-state index contributed by atoms with van der Waals surface area (Å²) in [6, 6.07) is 6.79. The van der Waals surface area contributed by atoms with E-state index in [0.717, 1.165) is 30.9 Å². The standard InChI is InChI=1S/C13H17FN4/c1-10-9-11(2)18(17-10)8-4-7-15-13-6-3-5-12(14)16-13/h3,5-6,9H,4,7-8H2,1-2H3,(H,15,16). The van der Waals surface area contributed by atoms with Gasteiger partial charge in [0.2, 0.25) is 5.95 Å².